The second kappa shape index (κ2) is 12.0. The summed E-state index contributed by atoms with van der Waals surface area (Å²) in [5.74, 6) is -0.0465. The molecule has 3 nitrogen and oxygen atoms in total. The molecule has 0 radical (unpaired) electrons. The first-order valence-corrected chi connectivity index (χ1v) is 9.09. The van der Waals surface area contributed by atoms with Crippen LogP contribution in [0.5, 0.6) is 0 Å². The maximum absolute atomic E-state index is 11.2. The van der Waals surface area contributed by atoms with Crippen LogP contribution in [-0.4, -0.2) is 24.8 Å². The van der Waals surface area contributed by atoms with Crippen molar-refractivity contribution in [3.05, 3.63) is 0 Å². The van der Waals surface area contributed by atoms with Gasteiger partial charge in [-0.2, -0.15) is 0 Å². The fraction of sp³-hybridized carbons (Fsp3) is 0.944. The minimum Gasteiger partial charge on any atom is -0.466 e. The lowest BCUT2D eigenvalue weighted by atomic mass is 10.0. The van der Waals surface area contributed by atoms with Gasteiger partial charge in [0.25, 0.3) is 0 Å². The third-order valence-electron chi connectivity index (χ3n) is 4.20. The van der Waals surface area contributed by atoms with Crippen molar-refractivity contribution in [3.63, 3.8) is 0 Å². The highest BCUT2D eigenvalue weighted by atomic mass is 16.6. The van der Waals surface area contributed by atoms with Crippen molar-refractivity contribution in [1.29, 1.82) is 0 Å². The summed E-state index contributed by atoms with van der Waals surface area (Å²) < 4.78 is 10.6. The molecule has 1 aliphatic heterocycles. The van der Waals surface area contributed by atoms with Crippen LogP contribution in [-0.2, 0) is 14.3 Å². The van der Waals surface area contributed by atoms with Gasteiger partial charge < -0.3 is 9.47 Å². The van der Waals surface area contributed by atoms with E-state index in [2.05, 4.69) is 6.92 Å². The first-order valence-electron chi connectivity index (χ1n) is 9.09. The van der Waals surface area contributed by atoms with E-state index in [1.54, 1.807) is 0 Å². The van der Waals surface area contributed by atoms with Gasteiger partial charge in [0, 0.05) is 6.42 Å². The van der Waals surface area contributed by atoms with Crippen LogP contribution in [0.3, 0.4) is 0 Å². The summed E-state index contributed by atoms with van der Waals surface area (Å²) in [6, 6.07) is 0. The Morgan fingerprint density at radius 1 is 0.857 bits per heavy atom. The Morgan fingerprint density at radius 2 is 1.43 bits per heavy atom. The number of rotatable bonds is 14. The fourth-order valence-corrected chi connectivity index (χ4v) is 2.84. The number of carbonyl (C=O) groups is 1. The van der Waals surface area contributed by atoms with Gasteiger partial charge in [-0.25, -0.2) is 0 Å². The van der Waals surface area contributed by atoms with Crippen molar-refractivity contribution in [2.75, 3.05) is 6.61 Å². The molecule has 3 heteroatoms. The minimum absolute atomic E-state index is 0.0465. The molecule has 0 bridgehead atoms. The van der Waals surface area contributed by atoms with Crippen LogP contribution in [0.25, 0.3) is 0 Å². The zero-order valence-electron chi connectivity index (χ0n) is 14.1. The van der Waals surface area contributed by atoms with E-state index >= 15 is 0 Å². The zero-order valence-corrected chi connectivity index (χ0v) is 14.1. The highest BCUT2D eigenvalue weighted by Crippen LogP contribution is 2.31. The van der Waals surface area contributed by atoms with Crippen LogP contribution >= 0.6 is 0 Å². The third-order valence-corrected chi connectivity index (χ3v) is 4.20. The third kappa shape index (κ3) is 9.89. The molecule has 21 heavy (non-hydrogen) atoms. The van der Waals surface area contributed by atoms with E-state index in [0.29, 0.717) is 25.2 Å². The Balaban J connectivity index is 1.78. The van der Waals surface area contributed by atoms with E-state index in [9.17, 15) is 4.79 Å². The van der Waals surface area contributed by atoms with Crippen molar-refractivity contribution < 1.29 is 14.3 Å². The molecule has 0 aromatic heterocycles. The zero-order chi connectivity index (χ0) is 15.3. The monoisotopic (exact) mass is 298 g/mol. The van der Waals surface area contributed by atoms with Gasteiger partial charge in [-0.3, -0.25) is 4.79 Å². The molecule has 1 saturated heterocycles. The molecule has 2 unspecified atom stereocenters. The van der Waals surface area contributed by atoms with E-state index in [-0.39, 0.29) is 5.97 Å². The van der Waals surface area contributed by atoms with Crippen LogP contribution < -0.4 is 0 Å². The minimum atomic E-state index is -0.0465. The van der Waals surface area contributed by atoms with Gasteiger partial charge >= 0.3 is 5.97 Å². The van der Waals surface area contributed by atoms with Crippen molar-refractivity contribution in [1.82, 2.24) is 0 Å². The molecule has 0 amide bonds. The molecule has 0 aliphatic carbocycles. The Hall–Kier alpha value is -0.570. The van der Waals surface area contributed by atoms with Crippen molar-refractivity contribution in [3.8, 4) is 0 Å². The summed E-state index contributed by atoms with van der Waals surface area (Å²) >= 11 is 0. The molecule has 1 heterocycles. The first kappa shape index (κ1) is 18.5. The van der Waals surface area contributed by atoms with Gasteiger partial charge in [-0.1, -0.05) is 58.3 Å². The largest absolute Gasteiger partial charge is 0.466 e. The molecule has 1 rings (SSSR count). The SMILES string of the molecule is CCCCCCC1OC1CCCCCCCC(=O)OCC. The van der Waals surface area contributed by atoms with E-state index in [0.717, 1.165) is 12.8 Å². The van der Waals surface area contributed by atoms with Crippen molar-refractivity contribution in [2.45, 2.75) is 103 Å². The number of ether oxygens (including phenoxy) is 2. The molecule has 124 valence electrons. The van der Waals surface area contributed by atoms with E-state index in [4.69, 9.17) is 9.47 Å². The van der Waals surface area contributed by atoms with Crippen LogP contribution in [0, 0.1) is 0 Å². The van der Waals surface area contributed by atoms with Gasteiger partial charge in [0.1, 0.15) is 0 Å². The standard InChI is InChI=1S/C18H34O3/c1-3-5-6-10-13-16-17(21-16)14-11-8-7-9-12-15-18(19)20-4-2/h16-17H,3-15H2,1-2H3. The van der Waals surface area contributed by atoms with Crippen molar-refractivity contribution in [2.24, 2.45) is 0 Å². The highest BCUT2D eigenvalue weighted by molar-refractivity contribution is 5.69. The van der Waals surface area contributed by atoms with E-state index in [1.807, 2.05) is 6.92 Å². The highest BCUT2D eigenvalue weighted by Gasteiger charge is 2.36. The summed E-state index contributed by atoms with van der Waals surface area (Å²) in [4.78, 5) is 11.2. The number of unbranched alkanes of at least 4 members (excludes halogenated alkanes) is 7. The number of esters is 1. The topological polar surface area (TPSA) is 38.8 Å². The van der Waals surface area contributed by atoms with Gasteiger partial charge in [0.05, 0.1) is 18.8 Å². The number of hydrogen-bond acceptors (Lipinski definition) is 3. The molecule has 0 N–H and O–H groups in total. The fourth-order valence-electron chi connectivity index (χ4n) is 2.84. The molecular formula is C18H34O3. The lowest BCUT2D eigenvalue weighted by Crippen LogP contribution is -2.03. The Morgan fingerprint density at radius 3 is 2.05 bits per heavy atom. The van der Waals surface area contributed by atoms with Gasteiger partial charge in [-0.15, -0.1) is 0 Å². The summed E-state index contributed by atoms with van der Waals surface area (Å²) in [6.07, 6.45) is 15.5. The summed E-state index contributed by atoms with van der Waals surface area (Å²) in [5.41, 5.74) is 0. The summed E-state index contributed by atoms with van der Waals surface area (Å²) in [6.45, 7) is 4.61. The molecule has 0 spiro atoms. The number of hydrogen-bond donors (Lipinski definition) is 0. The smallest absolute Gasteiger partial charge is 0.305 e. The maximum atomic E-state index is 11.2. The van der Waals surface area contributed by atoms with Gasteiger partial charge in [0.15, 0.2) is 0 Å². The first-order chi connectivity index (χ1) is 10.3. The van der Waals surface area contributed by atoms with Gasteiger partial charge in [0.2, 0.25) is 0 Å². The lowest BCUT2D eigenvalue weighted by Gasteiger charge is -2.02. The molecule has 0 saturated carbocycles. The predicted molar refractivity (Wildman–Crippen MR) is 86.4 cm³/mol. The maximum Gasteiger partial charge on any atom is 0.305 e. The van der Waals surface area contributed by atoms with Crippen LogP contribution in [0.2, 0.25) is 0 Å². The van der Waals surface area contributed by atoms with Crippen molar-refractivity contribution >= 4 is 5.97 Å². The second-order valence-electron chi connectivity index (χ2n) is 6.17. The molecule has 2 atom stereocenters. The average Bonchev–Trinajstić information content (AvgIpc) is 3.21. The Kier molecular flexibility index (Phi) is 10.6. The van der Waals surface area contributed by atoms with Gasteiger partial charge in [-0.05, 0) is 26.2 Å². The number of carbonyl (C=O) groups excluding carboxylic acids is 1. The average molecular weight is 298 g/mol. The summed E-state index contributed by atoms with van der Waals surface area (Å²) in [7, 11) is 0. The Bertz CT molecular complexity index is 265. The molecule has 1 aliphatic rings. The normalized spacial score (nSPS) is 20.5. The predicted octanol–water partition coefficient (Wildman–Crippen LogP) is 5.02. The van der Waals surface area contributed by atoms with E-state index < -0.39 is 0 Å². The Labute approximate surface area is 130 Å². The quantitative estimate of drug-likeness (QED) is 0.257. The number of epoxide rings is 1. The van der Waals surface area contributed by atoms with E-state index in [1.165, 1.54) is 57.8 Å². The molecule has 1 fully saturated rings. The molecular weight excluding hydrogens is 264 g/mol. The second-order valence-corrected chi connectivity index (χ2v) is 6.17. The molecule has 0 aromatic carbocycles. The molecule has 0 aromatic rings. The summed E-state index contributed by atoms with van der Waals surface area (Å²) in [5, 5.41) is 0. The van der Waals surface area contributed by atoms with Crippen LogP contribution in [0.4, 0.5) is 0 Å². The van der Waals surface area contributed by atoms with Crippen LogP contribution in [0.15, 0.2) is 0 Å². The van der Waals surface area contributed by atoms with Crippen LogP contribution in [0.1, 0.15) is 90.9 Å². The lowest BCUT2D eigenvalue weighted by molar-refractivity contribution is -0.143.